The van der Waals surface area contributed by atoms with Gasteiger partial charge in [0.2, 0.25) is 10.0 Å². The monoisotopic (exact) mass is 418 g/mol. The van der Waals surface area contributed by atoms with Gasteiger partial charge in [0, 0.05) is 19.2 Å². The lowest BCUT2D eigenvalue weighted by Gasteiger charge is -2.29. The highest BCUT2D eigenvalue weighted by atomic mass is 32.2. The van der Waals surface area contributed by atoms with Crippen molar-refractivity contribution in [1.82, 2.24) is 4.31 Å². The number of para-hydroxylation sites is 1. The van der Waals surface area contributed by atoms with Crippen molar-refractivity contribution >= 4 is 21.7 Å². The first-order valence-corrected chi connectivity index (χ1v) is 10.7. The second-order valence-electron chi connectivity index (χ2n) is 7.07. The van der Waals surface area contributed by atoms with E-state index in [4.69, 9.17) is 4.74 Å². The summed E-state index contributed by atoms with van der Waals surface area (Å²) < 4.78 is 32.1. The Morgan fingerprint density at radius 2 is 1.76 bits per heavy atom. The molecule has 0 saturated carbocycles. The van der Waals surface area contributed by atoms with Gasteiger partial charge in [-0.15, -0.1) is 0 Å². The standard InChI is InChI=1S/C20H22N2O6S/c1-15-10-12-21(13-11-15)29(26,27)18-8-6-16(7-9-18)20(23)28-14-17-4-2-3-5-19(17)22(24)25/h2-9,15H,10-14H2,1H3. The molecule has 9 heteroatoms. The molecule has 8 nitrogen and oxygen atoms in total. The minimum Gasteiger partial charge on any atom is -0.457 e. The smallest absolute Gasteiger partial charge is 0.338 e. The van der Waals surface area contributed by atoms with E-state index in [2.05, 4.69) is 6.92 Å². The Morgan fingerprint density at radius 3 is 2.38 bits per heavy atom. The van der Waals surface area contributed by atoms with E-state index in [0.717, 1.165) is 12.8 Å². The number of esters is 1. The molecule has 1 aliphatic heterocycles. The molecule has 0 unspecified atom stereocenters. The van der Waals surface area contributed by atoms with Gasteiger partial charge in [-0.3, -0.25) is 10.1 Å². The molecule has 2 aromatic carbocycles. The highest BCUT2D eigenvalue weighted by molar-refractivity contribution is 7.89. The molecule has 0 aromatic heterocycles. The van der Waals surface area contributed by atoms with Crippen molar-refractivity contribution in [2.45, 2.75) is 31.3 Å². The van der Waals surface area contributed by atoms with Crippen LogP contribution in [0.4, 0.5) is 5.69 Å². The molecule has 1 fully saturated rings. The largest absolute Gasteiger partial charge is 0.457 e. The highest BCUT2D eigenvalue weighted by Crippen LogP contribution is 2.24. The summed E-state index contributed by atoms with van der Waals surface area (Å²) >= 11 is 0. The third kappa shape index (κ3) is 4.80. The lowest BCUT2D eigenvalue weighted by atomic mass is 10.0. The summed E-state index contributed by atoms with van der Waals surface area (Å²) in [5.74, 6) is -0.169. The van der Waals surface area contributed by atoms with E-state index < -0.39 is 20.9 Å². The number of carbonyl (C=O) groups excluding carboxylic acids is 1. The van der Waals surface area contributed by atoms with Crippen molar-refractivity contribution in [1.29, 1.82) is 0 Å². The quantitative estimate of drug-likeness (QED) is 0.404. The fraction of sp³-hybridized carbons (Fsp3) is 0.350. The first kappa shape index (κ1) is 20.9. The van der Waals surface area contributed by atoms with E-state index in [0.29, 0.717) is 19.0 Å². The van der Waals surface area contributed by atoms with Crippen LogP contribution in [0.5, 0.6) is 0 Å². The minimum atomic E-state index is -3.59. The number of carbonyl (C=O) groups is 1. The van der Waals surface area contributed by atoms with Gasteiger partial charge in [0.05, 0.1) is 20.9 Å². The van der Waals surface area contributed by atoms with E-state index in [1.54, 1.807) is 6.07 Å². The van der Waals surface area contributed by atoms with Gasteiger partial charge in [0.15, 0.2) is 0 Å². The highest BCUT2D eigenvalue weighted by Gasteiger charge is 2.28. The predicted molar refractivity (Wildman–Crippen MR) is 106 cm³/mol. The maximum Gasteiger partial charge on any atom is 0.338 e. The first-order chi connectivity index (χ1) is 13.8. The summed E-state index contributed by atoms with van der Waals surface area (Å²) in [5.41, 5.74) is 0.330. The lowest BCUT2D eigenvalue weighted by molar-refractivity contribution is -0.385. The van der Waals surface area contributed by atoms with E-state index in [9.17, 15) is 23.3 Å². The Labute approximate surface area is 169 Å². The molecule has 2 aromatic rings. The summed E-state index contributed by atoms with van der Waals surface area (Å²) in [6.07, 6.45) is 1.66. The molecule has 0 spiro atoms. The zero-order valence-electron chi connectivity index (χ0n) is 16.0. The van der Waals surface area contributed by atoms with Crippen LogP contribution in [0, 0.1) is 16.0 Å². The number of benzene rings is 2. The number of hydrogen-bond donors (Lipinski definition) is 0. The van der Waals surface area contributed by atoms with Crippen LogP contribution in [-0.4, -0.2) is 36.7 Å². The summed E-state index contributed by atoms with van der Waals surface area (Å²) in [5, 5.41) is 11.0. The molecule has 1 heterocycles. The zero-order valence-corrected chi connectivity index (χ0v) is 16.8. The number of piperidine rings is 1. The SMILES string of the molecule is CC1CCN(S(=O)(=O)c2ccc(C(=O)OCc3ccccc3[N+](=O)[O-])cc2)CC1. The van der Waals surface area contributed by atoms with Crippen molar-refractivity contribution in [3.05, 3.63) is 69.8 Å². The van der Waals surface area contributed by atoms with Gasteiger partial charge in [-0.1, -0.05) is 19.1 Å². The number of sulfonamides is 1. The Bertz CT molecular complexity index is 996. The molecule has 1 aliphatic rings. The molecule has 154 valence electrons. The third-order valence-electron chi connectivity index (χ3n) is 5.02. The molecule has 0 atom stereocenters. The van der Waals surface area contributed by atoms with Crippen LogP contribution in [0.15, 0.2) is 53.4 Å². The van der Waals surface area contributed by atoms with Crippen LogP contribution in [0.25, 0.3) is 0 Å². The lowest BCUT2D eigenvalue weighted by Crippen LogP contribution is -2.37. The van der Waals surface area contributed by atoms with Crippen LogP contribution in [0.1, 0.15) is 35.7 Å². The summed E-state index contributed by atoms with van der Waals surface area (Å²) in [7, 11) is -3.59. The Morgan fingerprint density at radius 1 is 1.14 bits per heavy atom. The second-order valence-corrected chi connectivity index (χ2v) is 9.01. The third-order valence-corrected chi connectivity index (χ3v) is 6.93. The maximum atomic E-state index is 12.7. The number of hydrogen-bond acceptors (Lipinski definition) is 6. The fourth-order valence-corrected chi connectivity index (χ4v) is 4.64. The topological polar surface area (TPSA) is 107 Å². The summed E-state index contributed by atoms with van der Waals surface area (Å²) in [4.78, 5) is 22.9. The number of nitro groups is 1. The Balaban J connectivity index is 1.67. The molecule has 3 rings (SSSR count). The first-order valence-electron chi connectivity index (χ1n) is 9.28. The molecule has 0 bridgehead atoms. The fourth-order valence-electron chi connectivity index (χ4n) is 3.17. The summed E-state index contributed by atoms with van der Waals surface area (Å²) in [6, 6.07) is 11.6. The van der Waals surface area contributed by atoms with Crippen LogP contribution in [0.3, 0.4) is 0 Å². The van der Waals surface area contributed by atoms with Crippen molar-refractivity contribution in [2.24, 2.45) is 5.92 Å². The molecule has 1 saturated heterocycles. The second kappa shape index (κ2) is 8.71. The molecule has 0 radical (unpaired) electrons. The van der Waals surface area contributed by atoms with E-state index in [-0.39, 0.29) is 28.3 Å². The summed E-state index contributed by atoms with van der Waals surface area (Å²) in [6.45, 7) is 2.84. The van der Waals surface area contributed by atoms with Gasteiger partial charge in [0.25, 0.3) is 5.69 Å². The molecule has 29 heavy (non-hydrogen) atoms. The molecular formula is C20H22N2O6S. The van der Waals surface area contributed by atoms with Gasteiger partial charge in [-0.2, -0.15) is 4.31 Å². The average Bonchev–Trinajstić information content (AvgIpc) is 2.72. The zero-order chi connectivity index (χ0) is 21.0. The number of nitro benzene ring substituents is 1. The number of rotatable bonds is 6. The number of ether oxygens (including phenoxy) is 1. The van der Waals surface area contributed by atoms with E-state index in [1.807, 2.05) is 0 Å². The normalized spacial score (nSPS) is 15.8. The van der Waals surface area contributed by atoms with Crippen molar-refractivity contribution < 1.29 is 22.9 Å². The molecule has 0 amide bonds. The van der Waals surface area contributed by atoms with E-state index in [1.165, 1.54) is 46.8 Å². The van der Waals surface area contributed by atoms with Crippen LogP contribution < -0.4 is 0 Å². The van der Waals surface area contributed by atoms with Gasteiger partial charge < -0.3 is 4.74 Å². The van der Waals surface area contributed by atoms with Crippen LogP contribution in [0.2, 0.25) is 0 Å². The van der Waals surface area contributed by atoms with Gasteiger partial charge in [0.1, 0.15) is 6.61 Å². The predicted octanol–water partition coefficient (Wildman–Crippen LogP) is 3.37. The minimum absolute atomic E-state index is 0.127. The maximum absolute atomic E-state index is 12.7. The van der Waals surface area contributed by atoms with Crippen molar-refractivity contribution in [3.63, 3.8) is 0 Å². The van der Waals surface area contributed by atoms with Crippen LogP contribution in [-0.2, 0) is 21.4 Å². The van der Waals surface area contributed by atoms with Gasteiger partial charge in [-0.25, -0.2) is 13.2 Å². The van der Waals surface area contributed by atoms with Crippen molar-refractivity contribution in [3.8, 4) is 0 Å². The molecule has 0 aliphatic carbocycles. The molecule has 0 N–H and O–H groups in total. The molecular weight excluding hydrogens is 396 g/mol. The Kier molecular flexibility index (Phi) is 6.29. The van der Waals surface area contributed by atoms with Crippen molar-refractivity contribution in [2.75, 3.05) is 13.1 Å². The van der Waals surface area contributed by atoms with Gasteiger partial charge >= 0.3 is 5.97 Å². The van der Waals surface area contributed by atoms with Crippen LogP contribution >= 0.6 is 0 Å². The van der Waals surface area contributed by atoms with E-state index >= 15 is 0 Å². The number of nitrogens with zero attached hydrogens (tertiary/aromatic N) is 2. The van der Waals surface area contributed by atoms with Gasteiger partial charge in [-0.05, 0) is 49.1 Å². The Hall–Kier alpha value is -2.78. The average molecular weight is 418 g/mol.